The SMILES string of the molecule is CCOP(=O)(OCC)C(C=Nc1ncccn1)c1cc(OC)c(O)c(OC)c1. The van der Waals surface area contributed by atoms with Gasteiger partial charge in [0.1, 0.15) is 5.66 Å². The number of rotatable bonds is 10. The van der Waals surface area contributed by atoms with Gasteiger partial charge in [0.2, 0.25) is 11.7 Å². The van der Waals surface area contributed by atoms with Gasteiger partial charge in [0.25, 0.3) is 0 Å². The highest BCUT2D eigenvalue weighted by Crippen LogP contribution is 2.61. The first-order valence-electron chi connectivity index (χ1n) is 8.63. The van der Waals surface area contributed by atoms with Crippen LogP contribution in [0.2, 0.25) is 0 Å². The molecule has 1 heterocycles. The molecule has 0 saturated carbocycles. The fraction of sp³-hybridized carbons (Fsp3) is 0.389. The normalized spacial score (nSPS) is 12.9. The van der Waals surface area contributed by atoms with Crippen molar-refractivity contribution in [1.29, 1.82) is 0 Å². The van der Waals surface area contributed by atoms with Crippen molar-refractivity contribution < 1.29 is 28.2 Å². The molecular weight excluding hydrogens is 385 g/mol. The number of ether oxygens (including phenoxy) is 2. The van der Waals surface area contributed by atoms with Crippen LogP contribution in [0.25, 0.3) is 0 Å². The van der Waals surface area contributed by atoms with Crippen molar-refractivity contribution in [2.45, 2.75) is 19.5 Å². The number of hydrogen-bond donors (Lipinski definition) is 1. The third-order valence-corrected chi connectivity index (χ3v) is 6.03. The topological polar surface area (TPSA) is 112 Å². The molecule has 2 aromatic rings. The summed E-state index contributed by atoms with van der Waals surface area (Å²) in [5, 5.41) is 10.2. The Morgan fingerprint density at radius 2 is 1.64 bits per heavy atom. The molecule has 1 aromatic carbocycles. The monoisotopic (exact) mass is 409 g/mol. The number of aromatic hydroxyl groups is 1. The maximum Gasteiger partial charge on any atom is 0.343 e. The minimum atomic E-state index is -3.66. The van der Waals surface area contributed by atoms with Crippen LogP contribution in [-0.2, 0) is 13.6 Å². The molecule has 0 bridgehead atoms. The predicted octanol–water partition coefficient (Wildman–Crippen LogP) is 3.91. The van der Waals surface area contributed by atoms with Gasteiger partial charge in [-0.15, -0.1) is 0 Å². The second kappa shape index (κ2) is 10.2. The van der Waals surface area contributed by atoms with E-state index in [0.29, 0.717) is 5.56 Å². The van der Waals surface area contributed by atoms with Gasteiger partial charge in [0.15, 0.2) is 11.5 Å². The minimum Gasteiger partial charge on any atom is -0.502 e. The van der Waals surface area contributed by atoms with Crippen LogP contribution in [0.3, 0.4) is 0 Å². The van der Waals surface area contributed by atoms with Crippen molar-refractivity contribution in [2.75, 3.05) is 27.4 Å². The maximum atomic E-state index is 13.5. The first-order chi connectivity index (χ1) is 13.5. The Labute approximate surface area is 163 Å². The van der Waals surface area contributed by atoms with Gasteiger partial charge >= 0.3 is 7.60 Å². The van der Waals surface area contributed by atoms with E-state index in [1.54, 1.807) is 32.3 Å². The van der Waals surface area contributed by atoms with Gasteiger partial charge in [0.05, 0.1) is 27.4 Å². The molecule has 0 spiro atoms. The summed E-state index contributed by atoms with van der Waals surface area (Å²) in [7, 11) is -0.849. The molecule has 1 N–H and O–H groups in total. The van der Waals surface area contributed by atoms with E-state index in [9.17, 15) is 9.67 Å². The predicted molar refractivity (Wildman–Crippen MR) is 105 cm³/mol. The minimum absolute atomic E-state index is 0.156. The lowest BCUT2D eigenvalue weighted by Gasteiger charge is -2.24. The summed E-state index contributed by atoms with van der Waals surface area (Å²) in [5.74, 6) is 0.342. The van der Waals surface area contributed by atoms with Gasteiger partial charge in [0, 0.05) is 18.6 Å². The molecule has 0 amide bonds. The zero-order chi connectivity index (χ0) is 20.6. The molecule has 1 unspecified atom stereocenters. The molecule has 0 aliphatic carbocycles. The lowest BCUT2D eigenvalue weighted by atomic mass is 10.1. The smallest absolute Gasteiger partial charge is 0.343 e. The molecule has 2 rings (SSSR count). The highest BCUT2D eigenvalue weighted by Gasteiger charge is 2.37. The van der Waals surface area contributed by atoms with Crippen molar-refractivity contribution >= 4 is 19.8 Å². The summed E-state index contributed by atoms with van der Waals surface area (Å²) in [6.07, 6.45) is 4.50. The lowest BCUT2D eigenvalue weighted by Crippen LogP contribution is -2.09. The summed E-state index contributed by atoms with van der Waals surface area (Å²) in [6.45, 7) is 3.79. The standard InChI is InChI=1S/C18H24N3O6P/c1-5-26-28(23,27-6-2)16(12-21-18-19-8-7-9-20-18)13-10-14(24-3)17(22)15(11-13)25-4/h7-12,16,22H,5-6H2,1-4H3. The van der Waals surface area contributed by atoms with Crippen LogP contribution >= 0.6 is 7.60 Å². The first-order valence-corrected chi connectivity index (χ1v) is 10.2. The molecule has 0 saturated heterocycles. The Hall–Kier alpha value is -2.48. The number of phenolic OH excluding ortho intramolecular Hbond substituents is 1. The van der Waals surface area contributed by atoms with Crippen molar-refractivity contribution in [1.82, 2.24) is 9.97 Å². The van der Waals surface area contributed by atoms with E-state index in [1.807, 2.05) is 0 Å². The second-order valence-corrected chi connectivity index (χ2v) is 7.57. The van der Waals surface area contributed by atoms with Crippen LogP contribution in [0.1, 0.15) is 25.1 Å². The Morgan fingerprint density at radius 3 is 2.11 bits per heavy atom. The highest BCUT2D eigenvalue weighted by molar-refractivity contribution is 7.55. The second-order valence-electron chi connectivity index (χ2n) is 5.42. The van der Waals surface area contributed by atoms with Gasteiger partial charge in [-0.3, -0.25) is 4.57 Å². The number of hydrogen-bond acceptors (Lipinski definition) is 9. The molecule has 0 fully saturated rings. The third kappa shape index (κ3) is 5.07. The number of phenols is 1. The average Bonchev–Trinajstić information content (AvgIpc) is 2.70. The molecule has 152 valence electrons. The molecular formula is C18H24N3O6P. The van der Waals surface area contributed by atoms with Crippen molar-refractivity contribution in [3.63, 3.8) is 0 Å². The molecule has 9 nitrogen and oxygen atoms in total. The molecule has 28 heavy (non-hydrogen) atoms. The average molecular weight is 409 g/mol. The van der Waals surface area contributed by atoms with E-state index < -0.39 is 13.3 Å². The molecule has 0 radical (unpaired) electrons. The molecule has 1 aromatic heterocycles. The van der Waals surface area contributed by atoms with E-state index in [2.05, 4.69) is 15.0 Å². The number of benzene rings is 1. The van der Waals surface area contributed by atoms with E-state index >= 15 is 0 Å². The van der Waals surface area contributed by atoms with Crippen LogP contribution in [0, 0.1) is 0 Å². The lowest BCUT2D eigenvalue weighted by molar-refractivity contribution is 0.217. The summed E-state index contributed by atoms with van der Waals surface area (Å²) in [6, 6.07) is 4.73. The van der Waals surface area contributed by atoms with E-state index in [-0.39, 0.29) is 36.4 Å². The Morgan fingerprint density at radius 1 is 1.11 bits per heavy atom. The molecule has 1 atom stereocenters. The van der Waals surface area contributed by atoms with E-state index in [1.165, 1.54) is 32.6 Å². The summed E-state index contributed by atoms with van der Waals surface area (Å²) >= 11 is 0. The van der Waals surface area contributed by atoms with Gasteiger partial charge < -0.3 is 23.6 Å². The number of aromatic nitrogens is 2. The van der Waals surface area contributed by atoms with Crippen LogP contribution in [-0.4, -0.2) is 48.7 Å². The summed E-state index contributed by atoms with van der Waals surface area (Å²) in [5.41, 5.74) is -0.434. The van der Waals surface area contributed by atoms with Crippen LogP contribution in [0.15, 0.2) is 35.6 Å². The Balaban J connectivity index is 2.60. The number of methoxy groups -OCH3 is 2. The fourth-order valence-corrected chi connectivity index (χ4v) is 4.35. The molecule has 0 aliphatic heterocycles. The Kier molecular flexibility index (Phi) is 7.92. The Bertz CT molecular complexity index is 811. The van der Waals surface area contributed by atoms with Crippen LogP contribution in [0.5, 0.6) is 17.2 Å². The molecule has 0 aliphatic rings. The van der Waals surface area contributed by atoms with Gasteiger partial charge in [-0.2, -0.15) is 0 Å². The third-order valence-electron chi connectivity index (χ3n) is 3.69. The fourth-order valence-electron chi connectivity index (χ4n) is 2.49. The van der Waals surface area contributed by atoms with Crippen molar-refractivity contribution in [3.05, 3.63) is 36.2 Å². The zero-order valence-corrected chi connectivity index (χ0v) is 17.1. The van der Waals surface area contributed by atoms with Gasteiger partial charge in [-0.1, -0.05) is 0 Å². The number of nitrogens with zero attached hydrogens (tertiary/aromatic N) is 3. The first kappa shape index (κ1) is 21.8. The maximum absolute atomic E-state index is 13.5. The number of aliphatic imine (C=N–C) groups is 1. The summed E-state index contributed by atoms with van der Waals surface area (Å²) < 4.78 is 34.9. The van der Waals surface area contributed by atoms with Gasteiger partial charge in [-0.05, 0) is 37.6 Å². The van der Waals surface area contributed by atoms with Crippen LogP contribution in [0.4, 0.5) is 5.95 Å². The molecule has 10 heteroatoms. The van der Waals surface area contributed by atoms with Gasteiger partial charge in [-0.25, -0.2) is 15.0 Å². The zero-order valence-electron chi connectivity index (χ0n) is 16.2. The quantitative estimate of drug-likeness (QED) is 0.464. The largest absolute Gasteiger partial charge is 0.502 e. The van der Waals surface area contributed by atoms with E-state index in [0.717, 1.165) is 0 Å². The van der Waals surface area contributed by atoms with Crippen molar-refractivity contribution in [2.24, 2.45) is 4.99 Å². The van der Waals surface area contributed by atoms with Crippen LogP contribution < -0.4 is 9.47 Å². The van der Waals surface area contributed by atoms with E-state index in [4.69, 9.17) is 18.5 Å². The van der Waals surface area contributed by atoms with Crippen molar-refractivity contribution in [3.8, 4) is 17.2 Å². The highest BCUT2D eigenvalue weighted by atomic mass is 31.2. The summed E-state index contributed by atoms with van der Waals surface area (Å²) in [4.78, 5) is 12.3.